The van der Waals surface area contributed by atoms with Gasteiger partial charge >= 0.3 is 0 Å². The van der Waals surface area contributed by atoms with E-state index in [0.717, 1.165) is 12.8 Å². The Morgan fingerprint density at radius 1 is 1.62 bits per heavy atom. The monoisotopic (exact) mass is 183 g/mol. The summed E-state index contributed by atoms with van der Waals surface area (Å²) in [5.41, 5.74) is 0.206. The minimum Gasteiger partial charge on any atom is -0.353 e. The maximum Gasteiger partial charge on any atom is 0.137 e. The average Bonchev–Trinajstić information content (AvgIpc) is 2.81. The van der Waals surface area contributed by atoms with Crippen LogP contribution < -0.4 is 0 Å². The highest BCUT2D eigenvalue weighted by molar-refractivity contribution is 4.95. The molecule has 1 aliphatic heterocycles. The van der Waals surface area contributed by atoms with Crippen LogP contribution in [-0.4, -0.2) is 29.8 Å². The maximum atomic E-state index is 5.46. The molecule has 0 aliphatic carbocycles. The molecule has 1 saturated heterocycles. The third-order valence-electron chi connectivity index (χ3n) is 3.26. The van der Waals surface area contributed by atoms with Gasteiger partial charge in [-0.05, 0) is 33.7 Å². The molecule has 76 valence electrons. The largest absolute Gasteiger partial charge is 0.353 e. The number of hydrogen-bond acceptors (Lipinski definition) is 2. The molecule has 0 radical (unpaired) electrons. The summed E-state index contributed by atoms with van der Waals surface area (Å²) in [4.78, 5) is 2.33. The van der Waals surface area contributed by atoms with Crippen LogP contribution >= 0.6 is 0 Å². The van der Waals surface area contributed by atoms with E-state index in [2.05, 4.69) is 39.3 Å². The Morgan fingerprint density at radius 2 is 2.15 bits per heavy atom. The van der Waals surface area contributed by atoms with Crippen LogP contribution in [-0.2, 0) is 4.74 Å². The molecule has 1 heterocycles. The maximum absolute atomic E-state index is 5.46. The van der Waals surface area contributed by atoms with Gasteiger partial charge in [-0.2, -0.15) is 0 Å². The highest BCUT2D eigenvalue weighted by Gasteiger charge is 2.44. The smallest absolute Gasteiger partial charge is 0.137 e. The summed E-state index contributed by atoms with van der Waals surface area (Å²) in [6, 6.07) is 0. The van der Waals surface area contributed by atoms with Crippen LogP contribution in [0.5, 0.6) is 0 Å². The lowest BCUT2D eigenvalue weighted by Crippen LogP contribution is -2.45. The third kappa shape index (κ3) is 2.12. The van der Waals surface area contributed by atoms with E-state index in [1.54, 1.807) is 0 Å². The number of epoxide rings is 1. The van der Waals surface area contributed by atoms with Gasteiger partial charge in [0.2, 0.25) is 0 Å². The molecule has 13 heavy (non-hydrogen) atoms. The molecule has 0 N–H and O–H groups in total. The van der Waals surface area contributed by atoms with Crippen LogP contribution in [0.1, 0.15) is 33.6 Å². The summed E-state index contributed by atoms with van der Waals surface area (Å²) in [6.07, 6.45) is 4.87. The molecule has 0 amide bonds. The Kier molecular flexibility index (Phi) is 3.14. The van der Waals surface area contributed by atoms with Gasteiger partial charge in [-0.3, -0.25) is 4.90 Å². The second kappa shape index (κ2) is 3.81. The molecule has 3 unspecified atom stereocenters. The van der Waals surface area contributed by atoms with Gasteiger partial charge in [0.1, 0.15) is 6.23 Å². The first-order chi connectivity index (χ1) is 6.05. The first kappa shape index (κ1) is 10.7. The predicted molar refractivity (Wildman–Crippen MR) is 55.6 cm³/mol. The van der Waals surface area contributed by atoms with Crippen molar-refractivity contribution >= 4 is 0 Å². The van der Waals surface area contributed by atoms with E-state index in [4.69, 9.17) is 4.74 Å². The molecule has 2 heteroatoms. The standard InChI is InChI=1S/C11H21NO/c1-6-8-11(4,7-2)12(5)10-9(3)13-10/h6,9-10H,1,7-8H2,2-5H3. The van der Waals surface area contributed by atoms with E-state index in [9.17, 15) is 0 Å². The number of hydrogen-bond donors (Lipinski definition) is 0. The Morgan fingerprint density at radius 3 is 2.46 bits per heavy atom. The van der Waals surface area contributed by atoms with E-state index in [1.807, 2.05) is 6.08 Å². The molecule has 1 rings (SSSR count). The van der Waals surface area contributed by atoms with Gasteiger partial charge in [-0.15, -0.1) is 6.58 Å². The van der Waals surface area contributed by atoms with Crippen LogP contribution in [0.4, 0.5) is 0 Å². The van der Waals surface area contributed by atoms with E-state index in [-0.39, 0.29) is 5.54 Å². The molecule has 0 aromatic heterocycles. The van der Waals surface area contributed by atoms with Gasteiger partial charge < -0.3 is 4.74 Å². The molecule has 3 atom stereocenters. The van der Waals surface area contributed by atoms with Crippen LogP contribution in [0.2, 0.25) is 0 Å². The molecular formula is C11H21NO. The molecule has 2 nitrogen and oxygen atoms in total. The lowest BCUT2D eigenvalue weighted by molar-refractivity contribution is 0.0788. The Hall–Kier alpha value is -0.340. The number of nitrogens with zero attached hydrogens (tertiary/aromatic N) is 1. The predicted octanol–water partition coefficient (Wildman–Crippen LogP) is 2.41. The number of rotatable bonds is 5. The zero-order valence-electron chi connectivity index (χ0n) is 9.21. The molecule has 1 aliphatic rings. The minimum absolute atomic E-state index is 0.206. The fourth-order valence-corrected chi connectivity index (χ4v) is 1.74. The van der Waals surface area contributed by atoms with Crippen LogP contribution in [0.25, 0.3) is 0 Å². The average molecular weight is 183 g/mol. The number of ether oxygens (including phenoxy) is 1. The van der Waals surface area contributed by atoms with Crippen molar-refractivity contribution in [2.45, 2.75) is 51.5 Å². The molecule has 0 aromatic rings. The van der Waals surface area contributed by atoms with Gasteiger partial charge in [-0.1, -0.05) is 13.0 Å². The third-order valence-corrected chi connectivity index (χ3v) is 3.26. The Labute approximate surface area is 81.6 Å². The van der Waals surface area contributed by atoms with Crippen molar-refractivity contribution < 1.29 is 4.74 Å². The SMILES string of the molecule is C=CCC(C)(CC)N(C)C1OC1C. The van der Waals surface area contributed by atoms with Crippen LogP contribution in [0.3, 0.4) is 0 Å². The zero-order chi connectivity index (χ0) is 10.1. The summed E-state index contributed by atoms with van der Waals surface area (Å²) in [5, 5.41) is 0. The first-order valence-electron chi connectivity index (χ1n) is 5.04. The quantitative estimate of drug-likeness (QED) is 0.480. The second-order valence-electron chi connectivity index (χ2n) is 4.19. The van der Waals surface area contributed by atoms with E-state index >= 15 is 0 Å². The summed E-state index contributed by atoms with van der Waals surface area (Å²) in [6.45, 7) is 10.4. The second-order valence-corrected chi connectivity index (χ2v) is 4.19. The van der Waals surface area contributed by atoms with Crippen molar-refractivity contribution in [3.8, 4) is 0 Å². The highest BCUT2D eigenvalue weighted by Crippen LogP contribution is 2.33. The summed E-state index contributed by atoms with van der Waals surface area (Å²) >= 11 is 0. The summed E-state index contributed by atoms with van der Waals surface area (Å²) in [7, 11) is 2.14. The molecular weight excluding hydrogens is 162 g/mol. The van der Waals surface area contributed by atoms with E-state index in [1.165, 1.54) is 0 Å². The molecule has 1 fully saturated rings. The fourth-order valence-electron chi connectivity index (χ4n) is 1.74. The summed E-state index contributed by atoms with van der Waals surface area (Å²) in [5.74, 6) is 0. The Bertz CT molecular complexity index is 193. The summed E-state index contributed by atoms with van der Waals surface area (Å²) < 4.78 is 5.46. The minimum atomic E-state index is 0.206. The van der Waals surface area contributed by atoms with Crippen molar-refractivity contribution in [1.29, 1.82) is 0 Å². The van der Waals surface area contributed by atoms with Crippen molar-refractivity contribution in [3.63, 3.8) is 0 Å². The van der Waals surface area contributed by atoms with E-state index < -0.39 is 0 Å². The molecule has 0 aromatic carbocycles. The Balaban J connectivity index is 2.58. The van der Waals surface area contributed by atoms with Crippen LogP contribution in [0.15, 0.2) is 12.7 Å². The fraction of sp³-hybridized carbons (Fsp3) is 0.818. The first-order valence-corrected chi connectivity index (χ1v) is 5.04. The van der Waals surface area contributed by atoms with Crippen LogP contribution in [0, 0.1) is 0 Å². The van der Waals surface area contributed by atoms with Gasteiger partial charge in [0.05, 0.1) is 6.10 Å². The van der Waals surface area contributed by atoms with Gasteiger partial charge in [0, 0.05) is 5.54 Å². The normalized spacial score (nSPS) is 31.5. The lowest BCUT2D eigenvalue weighted by Gasteiger charge is -2.36. The van der Waals surface area contributed by atoms with Crippen molar-refractivity contribution in [2.75, 3.05) is 7.05 Å². The molecule has 0 saturated carbocycles. The molecule has 0 spiro atoms. The van der Waals surface area contributed by atoms with Crippen molar-refractivity contribution in [3.05, 3.63) is 12.7 Å². The number of likely N-dealkylation sites (N-methyl/N-ethyl adjacent to an activating group) is 1. The van der Waals surface area contributed by atoms with E-state index in [0.29, 0.717) is 12.3 Å². The highest BCUT2D eigenvalue weighted by atomic mass is 16.6. The van der Waals surface area contributed by atoms with Gasteiger partial charge in [-0.25, -0.2) is 0 Å². The topological polar surface area (TPSA) is 15.8 Å². The molecule has 0 bridgehead atoms. The van der Waals surface area contributed by atoms with Crippen molar-refractivity contribution in [1.82, 2.24) is 4.90 Å². The zero-order valence-corrected chi connectivity index (χ0v) is 9.21. The van der Waals surface area contributed by atoms with Gasteiger partial charge in [0.25, 0.3) is 0 Å². The van der Waals surface area contributed by atoms with Crippen molar-refractivity contribution in [2.24, 2.45) is 0 Å². The lowest BCUT2D eigenvalue weighted by atomic mass is 9.92. The van der Waals surface area contributed by atoms with Gasteiger partial charge in [0.15, 0.2) is 0 Å².